The van der Waals surface area contributed by atoms with Gasteiger partial charge in [0.25, 0.3) is 0 Å². The molecule has 0 aliphatic carbocycles. The quantitative estimate of drug-likeness (QED) is 0.138. The molecular formula is C33H28N12O4S2. The minimum atomic E-state index is -0.641. The first kappa shape index (κ1) is 34.4. The number of amidine groups is 2. The van der Waals surface area contributed by atoms with Crippen LogP contribution >= 0.6 is 23.5 Å². The van der Waals surface area contributed by atoms with E-state index in [0.29, 0.717) is 55.5 Å². The lowest BCUT2D eigenvalue weighted by Crippen LogP contribution is -2.39. The Morgan fingerprint density at radius 2 is 1.18 bits per heavy atom. The highest BCUT2D eigenvalue weighted by atomic mass is 32.2. The zero-order chi connectivity index (χ0) is 35.7. The molecule has 8 N–H and O–H groups in total. The predicted octanol–water partition coefficient (Wildman–Crippen LogP) is 3.50. The average Bonchev–Trinajstić information content (AvgIpc) is 3.87. The van der Waals surface area contributed by atoms with E-state index in [0.717, 1.165) is 23.5 Å². The molecule has 2 atom stereocenters. The number of furan rings is 2. The lowest BCUT2D eigenvalue weighted by atomic mass is 9.96. The van der Waals surface area contributed by atoms with Crippen LogP contribution in [0.2, 0.25) is 0 Å². The number of anilines is 2. The SMILES string of the molecule is N#Cc1cc(NC(=O)CSC2=N[C@H](c3ccco3)N=C(N)N2)ccc1Cc1ccc(NC(=O)CSC2=N[C@@H](c3ccco3)N=C(N)N2)cc1C#N. The van der Waals surface area contributed by atoms with Gasteiger partial charge < -0.3 is 41.6 Å². The molecule has 2 aliphatic rings. The lowest BCUT2D eigenvalue weighted by Gasteiger charge is -2.17. The van der Waals surface area contributed by atoms with Gasteiger partial charge in [-0.25, -0.2) is 20.0 Å². The Hall–Kier alpha value is -6.50. The second-order valence-electron chi connectivity index (χ2n) is 10.7. The van der Waals surface area contributed by atoms with Crippen LogP contribution in [0.4, 0.5) is 11.4 Å². The number of nitrogens with zero attached hydrogens (tertiary/aromatic N) is 6. The van der Waals surface area contributed by atoms with Gasteiger partial charge in [0.15, 0.2) is 33.8 Å². The number of rotatable bonds is 10. The van der Waals surface area contributed by atoms with E-state index in [1.54, 1.807) is 60.7 Å². The van der Waals surface area contributed by atoms with Gasteiger partial charge >= 0.3 is 0 Å². The lowest BCUT2D eigenvalue weighted by molar-refractivity contribution is -0.114. The average molecular weight is 721 g/mol. The molecule has 0 unspecified atom stereocenters. The van der Waals surface area contributed by atoms with Crippen LogP contribution in [0, 0.1) is 22.7 Å². The highest BCUT2D eigenvalue weighted by Crippen LogP contribution is 2.26. The summed E-state index contributed by atoms with van der Waals surface area (Å²) in [5.74, 6) is 0.744. The fraction of sp³-hybridized carbons (Fsp3) is 0.152. The van der Waals surface area contributed by atoms with Crippen molar-refractivity contribution in [2.45, 2.75) is 18.8 Å². The molecule has 0 bridgehead atoms. The minimum absolute atomic E-state index is 0.0159. The van der Waals surface area contributed by atoms with Gasteiger partial charge in [-0.3, -0.25) is 9.59 Å². The topological polar surface area (TPSA) is 258 Å². The third-order valence-electron chi connectivity index (χ3n) is 7.16. The molecule has 0 saturated carbocycles. The number of hydrogen-bond donors (Lipinski definition) is 6. The molecule has 51 heavy (non-hydrogen) atoms. The van der Waals surface area contributed by atoms with Crippen molar-refractivity contribution in [1.82, 2.24) is 10.6 Å². The molecule has 2 amide bonds. The molecule has 2 aromatic heterocycles. The van der Waals surface area contributed by atoms with Gasteiger partial charge in [-0.15, -0.1) is 0 Å². The number of amides is 2. The second-order valence-corrected chi connectivity index (χ2v) is 12.7. The Labute approximate surface area is 299 Å². The van der Waals surface area contributed by atoms with Crippen LogP contribution < -0.4 is 32.7 Å². The molecule has 2 aromatic carbocycles. The number of nitriles is 2. The number of benzene rings is 2. The van der Waals surface area contributed by atoms with Crippen molar-refractivity contribution in [3.8, 4) is 12.1 Å². The predicted molar refractivity (Wildman–Crippen MR) is 195 cm³/mol. The van der Waals surface area contributed by atoms with Gasteiger partial charge in [0.2, 0.25) is 24.1 Å². The zero-order valence-corrected chi connectivity index (χ0v) is 28.1. The fourth-order valence-corrected chi connectivity index (χ4v) is 6.24. The van der Waals surface area contributed by atoms with E-state index in [9.17, 15) is 20.1 Å². The second kappa shape index (κ2) is 15.8. The third kappa shape index (κ3) is 8.95. The van der Waals surface area contributed by atoms with Gasteiger partial charge in [-0.05, 0) is 59.7 Å². The maximum absolute atomic E-state index is 12.7. The van der Waals surface area contributed by atoms with E-state index < -0.39 is 12.3 Å². The number of nitrogens with two attached hydrogens (primary N) is 2. The highest BCUT2D eigenvalue weighted by molar-refractivity contribution is 8.14. The Kier molecular flexibility index (Phi) is 10.7. The number of guanidine groups is 2. The van der Waals surface area contributed by atoms with Crippen molar-refractivity contribution in [2.75, 3.05) is 22.1 Å². The summed E-state index contributed by atoms with van der Waals surface area (Å²) in [5, 5.41) is 31.8. The number of hydrogen-bond acceptors (Lipinski definition) is 16. The zero-order valence-electron chi connectivity index (χ0n) is 26.5. The first-order chi connectivity index (χ1) is 24.8. The normalized spacial score (nSPS) is 16.5. The molecule has 256 valence electrons. The van der Waals surface area contributed by atoms with E-state index in [-0.39, 0.29) is 41.7 Å². The third-order valence-corrected chi connectivity index (χ3v) is 8.93. The van der Waals surface area contributed by atoms with E-state index in [4.69, 9.17) is 20.3 Å². The van der Waals surface area contributed by atoms with Crippen LogP contribution in [0.1, 0.15) is 46.1 Å². The maximum atomic E-state index is 12.7. The van der Waals surface area contributed by atoms with Crippen molar-refractivity contribution >= 4 is 69.0 Å². The van der Waals surface area contributed by atoms with Gasteiger partial charge in [0, 0.05) is 17.8 Å². The van der Waals surface area contributed by atoms with Gasteiger partial charge in [-0.1, -0.05) is 35.7 Å². The minimum Gasteiger partial charge on any atom is -0.465 e. The molecule has 18 heteroatoms. The summed E-state index contributed by atoms with van der Waals surface area (Å²) in [7, 11) is 0. The summed E-state index contributed by atoms with van der Waals surface area (Å²) in [6, 6.07) is 21.2. The number of nitrogens with one attached hydrogen (secondary N) is 4. The van der Waals surface area contributed by atoms with Crippen LogP contribution in [-0.4, -0.2) is 45.6 Å². The molecule has 16 nitrogen and oxygen atoms in total. The first-order valence-electron chi connectivity index (χ1n) is 15.1. The van der Waals surface area contributed by atoms with Gasteiger partial charge in [-0.2, -0.15) is 10.5 Å². The molecule has 0 saturated heterocycles. The van der Waals surface area contributed by atoms with Crippen molar-refractivity contribution in [3.63, 3.8) is 0 Å². The first-order valence-corrected chi connectivity index (χ1v) is 17.1. The van der Waals surface area contributed by atoms with Crippen LogP contribution in [0.3, 0.4) is 0 Å². The summed E-state index contributed by atoms with van der Waals surface area (Å²) in [5.41, 5.74) is 14.6. The molecule has 4 aromatic rings. The Morgan fingerprint density at radius 1 is 0.725 bits per heavy atom. The summed E-state index contributed by atoms with van der Waals surface area (Å²) in [6.07, 6.45) is 2.02. The van der Waals surface area contributed by atoms with Crippen molar-refractivity contribution < 1.29 is 18.4 Å². The largest absolute Gasteiger partial charge is 0.465 e. The van der Waals surface area contributed by atoms with Crippen LogP contribution in [0.25, 0.3) is 0 Å². The van der Waals surface area contributed by atoms with E-state index in [1.807, 2.05) is 0 Å². The number of aliphatic imine (C=N–C) groups is 4. The van der Waals surface area contributed by atoms with Crippen LogP contribution in [0.15, 0.2) is 102 Å². The Balaban J connectivity index is 1.03. The Bertz CT molecular complexity index is 2000. The number of carbonyl (C=O) groups excluding carboxylic acids is 2. The van der Waals surface area contributed by atoms with Crippen molar-refractivity contribution in [1.29, 1.82) is 10.5 Å². The molecular weight excluding hydrogens is 693 g/mol. The monoisotopic (exact) mass is 720 g/mol. The fourth-order valence-electron chi connectivity index (χ4n) is 4.86. The maximum Gasteiger partial charge on any atom is 0.234 e. The van der Waals surface area contributed by atoms with Crippen LogP contribution in [-0.2, 0) is 16.0 Å². The summed E-state index contributed by atoms with van der Waals surface area (Å²) >= 11 is 2.29. The standard InChI is InChI=1S/C33H28N12O4S2/c34-14-20-12-22(38-26(46)16-50-32-42-28(40-30(36)44-32)24-3-1-9-48-24)7-5-18(20)11-19-6-8-23(13-21(19)15-35)39-27(47)17-51-33-43-29(41-31(37)45-33)25-4-2-10-49-25/h1-10,12-13,28-29H,11,16-17H2,(H,38,46)(H,39,47)(H3,36,40,42,44)(H3,37,41,43,45)/t28-,29+. The summed E-state index contributed by atoms with van der Waals surface area (Å²) in [4.78, 5) is 42.7. The van der Waals surface area contributed by atoms with Crippen molar-refractivity contribution in [2.24, 2.45) is 31.4 Å². The smallest absolute Gasteiger partial charge is 0.234 e. The van der Waals surface area contributed by atoms with E-state index >= 15 is 0 Å². The summed E-state index contributed by atoms with van der Waals surface area (Å²) < 4.78 is 10.7. The Morgan fingerprint density at radius 3 is 1.57 bits per heavy atom. The van der Waals surface area contributed by atoms with Crippen molar-refractivity contribution in [3.05, 3.63) is 107 Å². The number of thioether (sulfide) groups is 2. The van der Waals surface area contributed by atoms with Gasteiger partial charge in [0.05, 0.1) is 47.3 Å². The van der Waals surface area contributed by atoms with Crippen LogP contribution in [0.5, 0.6) is 0 Å². The molecule has 0 fully saturated rings. The molecule has 4 heterocycles. The van der Waals surface area contributed by atoms with E-state index in [1.165, 1.54) is 12.5 Å². The molecule has 2 aliphatic heterocycles. The molecule has 0 radical (unpaired) electrons. The molecule has 6 rings (SSSR count). The summed E-state index contributed by atoms with van der Waals surface area (Å²) in [6.45, 7) is 0. The van der Waals surface area contributed by atoms with Gasteiger partial charge in [0.1, 0.15) is 0 Å². The molecule has 0 spiro atoms. The highest BCUT2D eigenvalue weighted by Gasteiger charge is 2.22. The number of carbonyl (C=O) groups is 2. The van der Waals surface area contributed by atoms with E-state index in [2.05, 4.69) is 53.4 Å².